The molecule has 2 aromatic carbocycles. The molecule has 126 valence electrons. The van der Waals surface area contributed by atoms with Crippen LogP contribution in [0.25, 0.3) is 21.3 Å². The van der Waals surface area contributed by atoms with Crippen LogP contribution in [0.3, 0.4) is 0 Å². The first-order chi connectivity index (χ1) is 12.2. The first-order valence-corrected chi connectivity index (χ1v) is 8.91. The Morgan fingerprint density at radius 1 is 1.20 bits per heavy atom. The minimum Gasteiger partial charge on any atom is -0.464 e. The van der Waals surface area contributed by atoms with Gasteiger partial charge in [0, 0.05) is 6.42 Å². The zero-order chi connectivity index (χ0) is 17.2. The fourth-order valence-corrected chi connectivity index (χ4v) is 3.87. The van der Waals surface area contributed by atoms with Gasteiger partial charge in [-0.15, -0.1) is 11.3 Å². The quantitative estimate of drug-likeness (QED) is 0.733. The van der Waals surface area contributed by atoms with Crippen LogP contribution >= 0.6 is 11.3 Å². The van der Waals surface area contributed by atoms with E-state index in [9.17, 15) is 9.59 Å². The average molecular weight is 352 g/mol. The molecule has 1 fully saturated rings. The van der Waals surface area contributed by atoms with E-state index in [2.05, 4.69) is 28.5 Å². The molecule has 1 unspecified atom stereocenters. The topological polar surface area (TPSA) is 68.3 Å². The Bertz CT molecular complexity index is 936. The van der Waals surface area contributed by atoms with Crippen LogP contribution in [-0.4, -0.2) is 29.5 Å². The average Bonchev–Trinajstić information content (AvgIpc) is 3.20. The second-order valence-electron chi connectivity index (χ2n) is 5.91. The second kappa shape index (κ2) is 6.64. The molecule has 1 aromatic heterocycles. The van der Waals surface area contributed by atoms with Gasteiger partial charge in [-0.1, -0.05) is 36.4 Å². The Labute approximate surface area is 148 Å². The monoisotopic (exact) mass is 352 g/mol. The van der Waals surface area contributed by atoms with Gasteiger partial charge in [-0.2, -0.15) is 0 Å². The maximum atomic E-state index is 12.1. The van der Waals surface area contributed by atoms with Crippen molar-refractivity contribution in [1.82, 2.24) is 10.3 Å². The normalized spacial score (nSPS) is 16.8. The molecule has 0 radical (unpaired) electrons. The molecule has 1 atom stereocenters. The Hall–Kier alpha value is -2.73. The van der Waals surface area contributed by atoms with Crippen LogP contribution in [0.1, 0.15) is 11.4 Å². The van der Waals surface area contributed by atoms with E-state index in [0.717, 1.165) is 26.4 Å². The second-order valence-corrected chi connectivity index (χ2v) is 7.02. The van der Waals surface area contributed by atoms with Gasteiger partial charge in [0.25, 0.3) is 0 Å². The van der Waals surface area contributed by atoms with Crippen LogP contribution in [0.15, 0.2) is 48.5 Å². The van der Waals surface area contributed by atoms with Crippen molar-refractivity contribution in [1.29, 1.82) is 0 Å². The van der Waals surface area contributed by atoms with Crippen molar-refractivity contribution in [2.75, 3.05) is 6.61 Å². The molecule has 0 bridgehead atoms. The Kier molecular flexibility index (Phi) is 4.19. The maximum Gasteiger partial charge on any atom is 0.328 e. The molecular weight excluding hydrogens is 336 g/mol. The highest BCUT2D eigenvalue weighted by Gasteiger charge is 2.28. The summed E-state index contributed by atoms with van der Waals surface area (Å²) in [5.74, 6) is -0.559. The van der Waals surface area contributed by atoms with Crippen molar-refractivity contribution in [3.05, 3.63) is 53.5 Å². The SMILES string of the molecule is O=C(Cc1nc2ccc(-c3ccccc3)cc2s1)NC1CCOC1=O. The van der Waals surface area contributed by atoms with Gasteiger partial charge in [-0.05, 0) is 23.3 Å². The molecule has 0 aliphatic carbocycles. The van der Waals surface area contributed by atoms with E-state index >= 15 is 0 Å². The number of hydrogen-bond acceptors (Lipinski definition) is 5. The number of esters is 1. The van der Waals surface area contributed by atoms with Crippen LogP contribution in [-0.2, 0) is 20.7 Å². The van der Waals surface area contributed by atoms with Gasteiger partial charge in [0.1, 0.15) is 11.0 Å². The fourth-order valence-electron chi connectivity index (χ4n) is 2.87. The molecule has 1 aliphatic rings. The number of benzene rings is 2. The Morgan fingerprint density at radius 2 is 2.04 bits per heavy atom. The standard InChI is InChI=1S/C19H16N2O3S/c22-17(20-15-8-9-24-19(15)23)11-18-21-14-7-6-13(10-16(14)25-18)12-4-2-1-3-5-12/h1-7,10,15H,8-9,11H2,(H,20,22). The van der Waals surface area contributed by atoms with Gasteiger partial charge in [0.05, 0.1) is 23.2 Å². The number of nitrogens with zero attached hydrogens (tertiary/aromatic N) is 1. The Morgan fingerprint density at radius 3 is 2.80 bits per heavy atom. The van der Waals surface area contributed by atoms with Crippen LogP contribution in [0.4, 0.5) is 0 Å². The van der Waals surface area contributed by atoms with E-state index in [4.69, 9.17) is 4.74 Å². The number of hydrogen-bond donors (Lipinski definition) is 1. The number of aromatic nitrogens is 1. The van der Waals surface area contributed by atoms with Crippen molar-refractivity contribution < 1.29 is 14.3 Å². The lowest BCUT2D eigenvalue weighted by Crippen LogP contribution is -2.38. The lowest BCUT2D eigenvalue weighted by molar-refractivity contribution is -0.141. The van der Waals surface area contributed by atoms with Crippen LogP contribution < -0.4 is 5.32 Å². The van der Waals surface area contributed by atoms with Gasteiger partial charge < -0.3 is 10.1 Å². The number of rotatable bonds is 4. The summed E-state index contributed by atoms with van der Waals surface area (Å²) in [5.41, 5.74) is 3.16. The first kappa shape index (κ1) is 15.8. The molecule has 3 aromatic rings. The summed E-state index contributed by atoms with van der Waals surface area (Å²) in [7, 11) is 0. The summed E-state index contributed by atoms with van der Waals surface area (Å²) in [6, 6.07) is 15.7. The van der Waals surface area contributed by atoms with E-state index in [0.29, 0.717) is 13.0 Å². The van der Waals surface area contributed by atoms with Crippen LogP contribution in [0.5, 0.6) is 0 Å². The fraction of sp³-hybridized carbons (Fsp3) is 0.211. The summed E-state index contributed by atoms with van der Waals surface area (Å²) in [4.78, 5) is 28.1. The largest absolute Gasteiger partial charge is 0.464 e. The molecular formula is C19H16N2O3S. The molecule has 0 saturated carbocycles. The number of amides is 1. The molecule has 1 saturated heterocycles. The molecule has 25 heavy (non-hydrogen) atoms. The van der Waals surface area contributed by atoms with E-state index in [1.165, 1.54) is 11.3 Å². The minimum atomic E-state index is -0.522. The molecule has 5 nitrogen and oxygen atoms in total. The van der Waals surface area contributed by atoms with Gasteiger partial charge in [-0.3, -0.25) is 4.79 Å². The first-order valence-electron chi connectivity index (χ1n) is 8.10. The molecule has 1 aliphatic heterocycles. The van der Waals surface area contributed by atoms with Crippen LogP contribution in [0.2, 0.25) is 0 Å². The van der Waals surface area contributed by atoms with Crippen LogP contribution in [0, 0.1) is 0 Å². The van der Waals surface area contributed by atoms with Gasteiger partial charge in [-0.25, -0.2) is 9.78 Å². The summed E-state index contributed by atoms with van der Waals surface area (Å²) in [6.07, 6.45) is 0.703. The number of nitrogens with one attached hydrogen (secondary N) is 1. The molecule has 1 N–H and O–H groups in total. The summed E-state index contributed by atoms with van der Waals surface area (Å²) in [6.45, 7) is 0.368. The summed E-state index contributed by atoms with van der Waals surface area (Å²) >= 11 is 1.51. The van der Waals surface area contributed by atoms with Gasteiger partial charge >= 0.3 is 5.97 Å². The highest BCUT2D eigenvalue weighted by atomic mass is 32.1. The molecule has 2 heterocycles. The lowest BCUT2D eigenvalue weighted by atomic mass is 10.1. The third-order valence-corrected chi connectivity index (χ3v) is 5.14. The van der Waals surface area contributed by atoms with E-state index in [1.807, 2.05) is 30.3 Å². The number of fused-ring (bicyclic) bond motifs is 1. The predicted octanol–water partition coefficient (Wildman–Crippen LogP) is 2.94. The lowest BCUT2D eigenvalue weighted by Gasteiger charge is -2.07. The maximum absolute atomic E-state index is 12.1. The van der Waals surface area contributed by atoms with Gasteiger partial charge in [0.15, 0.2) is 0 Å². The minimum absolute atomic E-state index is 0.170. The van der Waals surface area contributed by atoms with E-state index in [-0.39, 0.29) is 18.3 Å². The van der Waals surface area contributed by atoms with Crippen molar-refractivity contribution in [2.24, 2.45) is 0 Å². The smallest absolute Gasteiger partial charge is 0.328 e. The van der Waals surface area contributed by atoms with Crippen molar-refractivity contribution in [2.45, 2.75) is 18.9 Å². The third-order valence-electron chi connectivity index (χ3n) is 4.12. The molecule has 0 spiro atoms. The molecule has 6 heteroatoms. The molecule has 4 rings (SSSR count). The summed E-state index contributed by atoms with van der Waals surface area (Å²) < 4.78 is 5.90. The Balaban J connectivity index is 1.51. The number of thiazole rings is 1. The van der Waals surface area contributed by atoms with Crippen molar-refractivity contribution in [3.8, 4) is 11.1 Å². The zero-order valence-corrected chi connectivity index (χ0v) is 14.2. The van der Waals surface area contributed by atoms with E-state index < -0.39 is 6.04 Å². The molecule has 1 amide bonds. The number of ether oxygens (including phenoxy) is 1. The number of carbonyl (C=O) groups is 2. The predicted molar refractivity (Wildman–Crippen MR) is 96.3 cm³/mol. The zero-order valence-electron chi connectivity index (χ0n) is 13.4. The van der Waals surface area contributed by atoms with Crippen molar-refractivity contribution in [3.63, 3.8) is 0 Å². The number of cyclic esters (lactones) is 1. The van der Waals surface area contributed by atoms with E-state index in [1.54, 1.807) is 0 Å². The highest BCUT2D eigenvalue weighted by molar-refractivity contribution is 7.18. The summed E-state index contributed by atoms with van der Waals surface area (Å²) in [5, 5.41) is 3.45. The highest BCUT2D eigenvalue weighted by Crippen LogP contribution is 2.28. The third kappa shape index (κ3) is 3.39. The van der Waals surface area contributed by atoms with Crippen molar-refractivity contribution >= 4 is 33.4 Å². The number of carbonyl (C=O) groups excluding carboxylic acids is 2. The van der Waals surface area contributed by atoms with Gasteiger partial charge in [0.2, 0.25) is 5.91 Å².